The second kappa shape index (κ2) is 3.52. The molecule has 1 aliphatic rings. The largest absolute Gasteiger partial charge is 0.489 e. The summed E-state index contributed by atoms with van der Waals surface area (Å²) >= 11 is 7.16. The van der Waals surface area contributed by atoms with Crippen molar-refractivity contribution in [3.63, 3.8) is 0 Å². The minimum atomic E-state index is -0.0995. The molecule has 4 heteroatoms. The van der Waals surface area contributed by atoms with Crippen LogP contribution in [0.5, 0.6) is 0 Å². The van der Waals surface area contributed by atoms with Gasteiger partial charge in [-0.1, -0.05) is 11.6 Å². The molecule has 0 aromatic carbocycles. The van der Waals surface area contributed by atoms with Gasteiger partial charge >= 0.3 is 0 Å². The Morgan fingerprint density at radius 3 is 3.00 bits per heavy atom. The third kappa shape index (κ3) is 1.62. The summed E-state index contributed by atoms with van der Waals surface area (Å²) < 4.78 is 5.15. The van der Waals surface area contributed by atoms with E-state index in [2.05, 4.69) is 0 Å². The van der Waals surface area contributed by atoms with Crippen molar-refractivity contribution in [1.29, 1.82) is 0 Å². The van der Waals surface area contributed by atoms with Crippen molar-refractivity contribution in [2.45, 2.75) is 6.42 Å². The van der Waals surface area contributed by atoms with Gasteiger partial charge in [0.25, 0.3) is 0 Å². The molecule has 0 atom stereocenters. The molecule has 68 valence electrons. The van der Waals surface area contributed by atoms with Crippen LogP contribution in [0.25, 0.3) is 0 Å². The van der Waals surface area contributed by atoms with E-state index in [4.69, 9.17) is 16.3 Å². The highest BCUT2D eigenvalue weighted by molar-refractivity contribution is 7.13. The van der Waals surface area contributed by atoms with Crippen LogP contribution >= 0.6 is 22.9 Å². The highest BCUT2D eigenvalue weighted by Gasteiger charge is 2.20. The number of hydrogen-bond acceptors (Lipinski definition) is 3. The van der Waals surface area contributed by atoms with E-state index in [1.54, 1.807) is 17.5 Å². The molecule has 1 aromatic heterocycles. The number of thiophene rings is 1. The van der Waals surface area contributed by atoms with Crippen LogP contribution in [-0.2, 0) is 4.74 Å². The lowest BCUT2D eigenvalue weighted by Gasteiger charge is -2.00. The number of Topliss-reactive ketones (excluding diaryl/α,β-unsaturated/α-hetero) is 1. The Kier molecular flexibility index (Phi) is 2.38. The quantitative estimate of drug-likeness (QED) is 0.708. The first-order valence-corrected chi connectivity index (χ1v) is 5.15. The molecule has 0 saturated heterocycles. The third-order valence-electron chi connectivity index (χ3n) is 1.75. The van der Waals surface area contributed by atoms with Crippen molar-refractivity contribution in [3.8, 4) is 0 Å². The fourth-order valence-electron chi connectivity index (χ4n) is 1.14. The summed E-state index contributed by atoms with van der Waals surface area (Å²) in [4.78, 5) is 12.2. The molecule has 0 bridgehead atoms. The molecule has 0 saturated carbocycles. The predicted molar refractivity (Wildman–Crippen MR) is 52.3 cm³/mol. The van der Waals surface area contributed by atoms with Gasteiger partial charge in [-0.05, 0) is 17.5 Å². The highest BCUT2D eigenvalue weighted by atomic mass is 35.5. The fourth-order valence-corrected chi connectivity index (χ4v) is 2.23. The SMILES string of the molecule is O=C(C1=CCCO1)c1sccc1Cl. The summed E-state index contributed by atoms with van der Waals surface area (Å²) in [5.74, 6) is 0.335. The van der Waals surface area contributed by atoms with E-state index in [9.17, 15) is 4.79 Å². The fraction of sp³-hybridized carbons (Fsp3) is 0.222. The van der Waals surface area contributed by atoms with Crippen molar-refractivity contribution in [2.75, 3.05) is 6.61 Å². The molecule has 2 rings (SSSR count). The molecule has 1 aliphatic heterocycles. The van der Waals surface area contributed by atoms with E-state index in [1.807, 2.05) is 0 Å². The molecule has 0 aliphatic carbocycles. The standard InChI is InChI=1S/C9H7ClO2S/c10-6-3-5-13-9(6)8(11)7-2-1-4-12-7/h2-3,5H,1,4H2. The zero-order chi connectivity index (χ0) is 9.26. The van der Waals surface area contributed by atoms with Gasteiger partial charge in [0.15, 0.2) is 5.76 Å². The maximum absolute atomic E-state index is 11.7. The zero-order valence-electron chi connectivity index (χ0n) is 6.75. The molecule has 13 heavy (non-hydrogen) atoms. The lowest BCUT2D eigenvalue weighted by molar-refractivity contribution is 0.0946. The maximum Gasteiger partial charge on any atom is 0.238 e. The van der Waals surface area contributed by atoms with Gasteiger partial charge in [0.2, 0.25) is 5.78 Å². The molecule has 1 aromatic rings. The Hall–Kier alpha value is -0.800. The molecular formula is C9H7ClO2S. The number of allylic oxidation sites excluding steroid dienone is 1. The van der Waals surface area contributed by atoms with Crippen LogP contribution < -0.4 is 0 Å². The smallest absolute Gasteiger partial charge is 0.238 e. The Balaban J connectivity index is 2.27. The Morgan fingerprint density at radius 2 is 2.46 bits per heavy atom. The van der Waals surface area contributed by atoms with E-state index >= 15 is 0 Å². The second-order valence-corrected chi connectivity index (χ2v) is 3.96. The van der Waals surface area contributed by atoms with Crippen molar-refractivity contribution in [2.24, 2.45) is 0 Å². The number of ketones is 1. The van der Waals surface area contributed by atoms with Crippen molar-refractivity contribution < 1.29 is 9.53 Å². The number of halogens is 1. The molecule has 0 unspecified atom stereocenters. The Morgan fingerprint density at radius 1 is 1.62 bits per heavy atom. The molecular weight excluding hydrogens is 208 g/mol. The van der Waals surface area contributed by atoms with Crippen LogP contribution in [0.3, 0.4) is 0 Å². The van der Waals surface area contributed by atoms with Gasteiger partial charge in [-0.25, -0.2) is 0 Å². The first kappa shape index (κ1) is 8.78. The summed E-state index contributed by atoms with van der Waals surface area (Å²) in [5.41, 5.74) is 0. The van der Waals surface area contributed by atoms with Crippen LogP contribution in [0.15, 0.2) is 23.3 Å². The summed E-state index contributed by atoms with van der Waals surface area (Å²) in [7, 11) is 0. The molecule has 0 radical (unpaired) electrons. The lowest BCUT2D eigenvalue weighted by Crippen LogP contribution is -2.01. The van der Waals surface area contributed by atoms with Gasteiger partial charge in [0.05, 0.1) is 16.5 Å². The second-order valence-electron chi connectivity index (χ2n) is 2.63. The molecule has 2 nitrogen and oxygen atoms in total. The maximum atomic E-state index is 11.7. The van der Waals surface area contributed by atoms with Gasteiger partial charge in [-0.15, -0.1) is 11.3 Å². The summed E-state index contributed by atoms with van der Waals surface area (Å²) in [6.45, 7) is 0.601. The van der Waals surface area contributed by atoms with E-state index in [0.717, 1.165) is 6.42 Å². The van der Waals surface area contributed by atoms with Crippen LogP contribution in [0.2, 0.25) is 5.02 Å². The molecule has 2 heterocycles. The highest BCUT2D eigenvalue weighted by Crippen LogP contribution is 2.26. The van der Waals surface area contributed by atoms with E-state index < -0.39 is 0 Å². The Bertz CT molecular complexity index is 367. The lowest BCUT2D eigenvalue weighted by atomic mass is 10.2. The first-order valence-electron chi connectivity index (χ1n) is 3.89. The van der Waals surface area contributed by atoms with E-state index in [-0.39, 0.29) is 5.78 Å². The topological polar surface area (TPSA) is 26.3 Å². The van der Waals surface area contributed by atoms with Gasteiger partial charge in [-0.3, -0.25) is 4.79 Å². The average Bonchev–Trinajstić information content (AvgIpc) is 2.72. The van der Waals surface area contributed by atoms with Crippen LogP contribution in [-0.4, -0.2) is 12.4 Å². The Labute approximate surface area is 84.8 Å². The minimum absolute atomic E-state index is 0.0995. The van der Waals surface area contributed by atoms with Crippen LogP contribution in [0.1, 0.15) is 16.1 Å². The summed E-state index contributed by atoms with van der Waals surface area (Å²) in [6.07, 6.45) is 2.61. The van der Waals surface area contributed by atoms with Crippen molar-refractivity contribution >= 4 is 28.7 Å². The molecule has 0 amide bonds. The van der Waals surface area contributed by atoms with Crippen LogP contribution in [0, 0.1) is 0 Å². The van der Waals surface area contributed by atoms with Crippen LogP contribution in [0.4, 0.5) is 0 Å². The number of ether oxygens (including phenoxy) is 1. The third-order valence-corrected chi connectivity index (χ3v) is 3.09. The predicted octanol–water partition coefficient (Wildman–Crippen LogP) is 2.89. The summed E-state index contributed by atoms with van der Waals surface area (Å²) in [6, 6.07) is 1.72. The van der Waals surface area contributed by atoms with Gasteiger partial charge in [0, 0.05) is 6.42 Å². The van der Waals surface area contributed by atoms with E-state index in [1.165, 1.54) is 11.3 Å². The average molecular weight is 215 g/mol. The van der Waals surface area contributed by atoms with Crippen molar-refractivity contribution in [1.82, 2.24) is 0 Å². The van der Waals surface area contributed by atoms with Crippen molar-refractivity contribution in [3.05, 3.63) is 33.2 Å². The number of carbonyl (C=O) groups excluding carboxylic acids is 1. The minimum Gasteiger partial charge on any atom is -0.489 e. The zero-order valence-corrected chi connectivity index (χ0v) is 8.32. The van der Waals surface area contributed by atoms with E-state index in [0.29, 0.717) is 22.3 Å². The number of carbonyl (C=O) groups is 1. The van der Waals surface area contributed by atoms with Gasteiger partial charge < -0.3 is 4.74 Å². The molecule has 0 spiro atoms. The van der Waals surface area contributed by atoms with Gasteiger partial charge in [-0.2, -0.15) is 0 Å². The van der Waals surface area contributed by atoms with Gasteiger partial charge in [0.1, 0.15) is 0 Å². The summed E-state index contributed by atoms with van der Waals surface area (Å²) in [5, 5.41) is 2.30. The number of rotatable bonds is 2. The first-order chi connectivity index (χ1) is 6.29. The normalized spacial score (nSPS) is 15.3. The monoisotopic (exact) mass is 214 g/mol. The molecule has 0 fully saturated rings. The number of hydrogen-bond donors (Lipinski definition) is 0. The molecule has 0 N–H and O–H groups in total.